The zero-order valence-corrected chi connectivity index (χ0v) is 10.7. The summed E-state index contributed by atoms with van der Waals surface area (Å²) in [6, 6.07) is 3.98. The minimum absolute atomic E-state index is 0.0334. The maximum Gasteiger partial charge on any atom is 0.276 e. The average Bonchev–Trinajstić information content (AvgIpc) is 2.42. The van der Waals surface area contributed by atoms with Gasteiger partial charge in [-0.2, -0.15) is 0 Å². The average molecular weight is 281 g/mol. The summed E-state index contributed by atoms with van der Waals surface area (Å²) in [7, 11) is 1.66. The Hall–Kier alpha value is -2.21. The molecule has 1 heterocycles. The van der Waals surface area contributed by atoms with Crippen molar-refractivity contribution in [3.05, 3.63) is 47.1 Å². The van der Waals surface area contributed by atoms with E-state index in [0.717, 1.165) is 6.07 Å². The highest BCUT2D eigenvalue weighted by molar-refractivity contribution is 6.30. The molecule has 1 aromatic heterocycles. The zero-order chi connectivity index (χ0) is 13.8. The molecule has 5 nitrogen and oxygen atoms in total. The number of hydrogen-bond acceptors (Lipinski definition) is 4. The maximum absolute atomic E-state index is 13.5. The molecule has 0 aliphatic rings. The molecule has 0 radical (unpaired) electrons. The minimum atomic E-state index is -0.612. The first-order valence-corrected chi connectivity index (χ1v) is 5.74. The van der Waals surface area contributed by atoms with E-state index in [-0.39, 0.29) is 16.4 Å². The van der Waals surface area contributed by atoms with Gasteiger partial charge in [0, 0.05) is 12.1 Å². The van der Waals surface area contributed by atoms with E-state index in [0.29, 0.717) is 5.82 Å². The lowest BCUT2D eigenvalue weighted by molar-refractivity contribution is 0.102. The molecule has 7 heteroatoms. The normalized spacial score (nSPS) is 10.1. The summed E-state index contributed by atoms with van der Waals surface area (Å²) in [6.07, 6.45) is 2.77. The van der Waals surface area contributed by atoms with Crippen LogP contribution in [0, 0.1) is 5.82 Å². The molecule has 1 aromatic carbocycles. The van der Waals surface area contributed by atoms with Gasteiger partial charge in [-0.3, -0.25) is 9.78 Å². The Bertz CT molecular complexity index is 620. The molecular weight excluding hydrogens is 271 g/mol. The summed E-state index contributed by atoms with van der Waals surface area (Å²) in [6.45, 7) is 0. The van der Waals surface area contributed by atoms with Crippen molar-refractivity contribution in [3.63, 3.8) is 0 Å². The Balaban J connectivity index is 2.20. The summed E-state index contributed by atoms with van der Waals surface area (Å²) < 4.78 is 13.5. The van der Waals surface area contributed by atoms with Crippen molar-refractivity contribution in [1.82, 2.24) is 9.97 Å². The number of amides is 1. The molecule has 0 atom stereocenters. The molecule has 0 aliphatic carbocycles. The van der Waals surface area contributed by atoms with Crippen molar-refractivity contribution in [2.75, 3.05) is 17.7 Å². The Morgan fingerprint density at radius 3 is 2.84 bits per heavy atom. The highest BCUT2D eigenvalue weighted by atomic mass is 35.5. The van der Waals surface area contributed by atoms with Crippen molar-refractivity contribution < 1.29 is 9.18 Å². The first-order valence-electron chi connectivity index (χ1n) is 5.36. The van der Waals surface area contributed by atoms with Crippen LogP contribution in [-0.4, -0.2) is 22.9 Å². The number of carbonyl (C=O) groups excluding carboxylic acids is 1. The third kappa shape index (κ3) is 3.17. The molecule has 2 rings (SSSR count). The molecule has 0 saturated heterocycles. The maximum atomic E-state index is 13.5. The number of benzene rings is 1. The van der Waals surface area contributed by atoms with E-state index >= 15 is 0 Å². The zero-order valence-electron chi connectivity index (χ0n) is 9.95. The first kappa shape index (κ1) is 13.2. The minimum Gasteiger partial charge on any atom is -0.372 e. The van der Waals surface area contributed by atoms with Gasteiger partial charge in [-0.15, -0.1) is 0 Å². The van der Waals surface area contributed by atoms with Crippen LogP contribution in [0.1, 0.15) is 10.5 Å². The standard InChI is InChI=1S/C12H10ClFN4O/c1-15-11-6-16-5-10(17-11)12(19)18-9-3-2-7(13)4-8(9)14/h2-6H,1H3,(H,15,17)(H,18,19). The van der Waals surface area contributed by atoms with Crippen LogP contribution in [0.5, 0.6) is 0 Å². The lowest BCUT2D eigenvalue weighted by Crippen LogP contribution is -2.15. The molecule has 0 fully saturated rings. The van der Waals surface area contributed by atoms with Gasteiger partial charge in [0.05, 0.1) is 18.1 Å². The van der Waals surface area contributed by atoms with Crippen molar-refractivity contribution in [2.24, 2.45) is 0 Å². The van der Waals surface area contributed by atoms with Gasteiger partial charge in [-0.05, 0) is 18.2 Å². The topological polar surface area (TPSA) is 66.9 Å². The van der Waals surface area contributed by atoms with Gasteiger partial charge in [0.1, 0.15) is 17.3 Å². The molecule has 98 valence electrons. The van der Waals surface area contributed by atoms with Gasteiger partial charge in [0.15, 0.2) is 0 Å². The summed E-state index contributed by atoms with van der Waals surface area (Å²) in [5.74, 6) is -0.714. The summed E-state index contributed by atoms with van der Waals surface area (Å²) in [4.78, 5) is 19.7. The number of nitrogens with one attached hydrogen (secondary N) is 2. The number of rotatable bonds is 3. The smallest absolute Gasteiger partial charge is 0.276 e. The van der Waals surface area contributed by atoms with Crippen LogP contribution in [0.25, 0.3) is 0 Å². The highest BCUT2D eigenvalue weighted by Gasteiger charge is 2.11. The lowest BCUT2D eigenvalue weighted by Gasteiger charge is -2.06. The monoisotopic (exact) mass is 280 g/mol. The Morgan fingerprint density at radius 1 is 1.37 bits per heavy atom. The van der Waals surface area contributed by atoms with E-state index in [2.05, 4.69) is 20.6 Å². The van der Waals surface area contributed by atoms with E-state index in [1.807, 2.05) is 0 Å². The first-order chi connectivity index (χ1) is 9.10. The van der Waals surface area contributed by atoms with E-state index < -0.39 is 11.7 Å². The second-order valence-corrected chi connectivity index (χ2v) is 4.05. The van der Waals surface area contributed by atoms with Crippen molar-refractivity contribution in [2.45, 2.75) is 0 Å². The van der Waals surface area contributed by atoms with Crippen LogP contribution < -0.4 is 10.6 Å². The fourth-order valence-electron chi connectivity index (χ4n) is 1.37. The van der Waals surface area contributed by atoms with Gasteiger partial charge in [0.2, 0.25) is 0 Å². The molecule has 19 heavy (non-hydrogen) atoms. The largest absolute Gasteiger partial charge is 0.372 e. The fraction of sp³-hybridized carbons (Fsp3) is 0.0833. The van der Waals surface area contributed by atoms with E-state index in [1.165, 1.54) is 24.5 Å². The van der Waals surface area contributed by atoms with Crippen LogP contribution >= 0.6 is 11.6 Å². The van der Waals surface area contributed by atoms with Gasteiger partial charge in [0.25, 0.3) is 5.91 Å². The van der Waals surface area contributed by atoms with E-state index in [9.17, 15) is 9.18 Å². The SMILES string of the molecule is CNc1cncc(C(=O)Nc2ccc(Cl)cc2F)n1. The second-order valence-electron chi connectivity index (χ2n) is 3.62. The summed E-state index contributed by atoms with van der Waals surface area (Å²) >= 11 is 5.63. The second kappa shape index (κ2) is 5.62. The van der Waals surface area contributed by atoms with Crippen LogP contribution in [0.4, 0.5) is 15.9 Å². The Kier molecular flexibility index (Phi) is 3.91. The quantitative estimate of drug-likeness (QED) is 0.907. The molecule has 0 bridgehead atoms. The lowest BCUT2D eigenvalue weighted by atomic mass is 10.3. The molecule has 0 aliphatic heterocycles. The number of aromatic nitrogens is 2. The Morgan fingerprint density at radius 2 is 2.16 bits per heavy atom. The number of carbonyl (C=O) groups is 1. The van der Waals surface area contributed by atoms with Crippen LogP contribution in [0.15, 0.2) is 30.6 Å². The van der Waals surface area contributed by atoms with Crippen LogP contribution in [0.3, 0.4) is 0 Å². The number of halogens is 2. The van der Waals surface area contributed by atoms with Crippen molar-refractivity contribution in [3.8, 4) is 0 Å². The number of hydrogen-bond donors (Lipinski definition) is 2. The van der Waals surface area contributed by atoms with Gasteiger partial charge < -0.3 is 10.6 Å². The third-order valence-corrected chi connectivity index (χ3v) is 2.54. The predicted octanol–water partition coefficient (Wildman–Crippen LogP) is 2.56. The summed E-state index contributed by atoms with van der Waals surface area (Å²) in [5, 5.41) is 5.42. The molecule has 2 aromatic rings. The predicted molar refractivity (Wildman–Crippen MR) is 70.9 cm³/mol. The van der Waals surface area contributed by atoms with Crippen molar-refractivity contribution >= 4 is 29.0 Å². The Labute approximate surface area is 113 Å². The molecule has 0 saturated carbocycles. The van der Waals surface area contributed by atoms with Crippen LogP contribution in [0.2, 0.25) is 5.02 Å². The van der Waals surface area contributed by atoms with Gasteiger partial charge in [-0.25, -0.2) is 9.37 Å². The molecule has 1 amide bonds. The number of nitrogens with zero attached hydrogens (tertiary/aromatic N) is 2. The van der Waals surface area contributed by atoms with Crippen molar-refractivity contribution in [1.29, 1.82) is 0 Å². The third-order valence-electron chi connectivity index (χ3n) is 2.30. The fourth-order valence-corrected chi connectivity index (χ4v) is 1.53. The van der Waals surface area contributed by atoms with Gasteiger partial charge in [-0.1, -0.05) is 11.6 Å². The van der Waals surface area contributed by atoms with E-state index in [1.54, 1.807) is 7.05 Å². The molecule has 0 unspecified atom stereocenters. The highest BCUT2D eigenvalue weighted by Crippen LogP contribution is 2.19. The number of anilines is 2. The van der Waals surface area contributed by atoms with E-state index in [4.69, 9.17) is 11.6 Å². The van der Waals surface area contributed by atoms with Crippen LogP contribution in [-0.2, 0) is 0 Å². The molecular formula is C12H10ClFN4O. The van der Waals surface area contributed by atoms with Gasteiger partial charge >= 0.3 is 0 Å². The molecule has 0 spiro atoms. The molecule has 2 N–H and O–H groups in total. The summed E-state index contributed by atoms with van der Waals surface area (Å²) in [5.41, 5.74) is 0.118.